The van der Waals surface area contributed by atoms with Gasteiger partial charge in [0.2, 0.25) is 0 Å². The van der Waals surface area contributed by atoms with Gasteiger partial charge in [-0.3, -0.25) is 9.55 Å². The predicted octanol–water partition coefficient (Wildman–Crippen LogP) is 4.96. The molecule has 0 bridgehead atoms. The molecule has 4 nitrogen and oxygen atoms in total. The second-order valence-electron chi connectivity index (χ2n) is 5.76. The standard InChI is InChI=1S/C20H15ClN4/c1-14-3-2-4-16(13-14)20-24-23-19(15-9-11-22-12-10-15)25(20)18-7-5-17(21)6-8-18/h2-13H,1H3. The van der Waals surface area contributed by atoms with Crippen LogP contribution in [0.5, 0.6) is 0 Å². The van der Waals surface area contributed by atoms with Gasteiger partial charge in [-0.05, 0) is 49.4 Å². The topological polar surface area (TPSA) is 43.6 Å². The van der Waals surface area contributed by atoms with Gasteiger partial charge in [0.15, 0.2) is 11.6 Å². The number of hydrogen-bond donors (Lipinski definition) is 0. The van der Waals surface area contributed by atoms with E-state index in [1.165, 1.54) is 5.56 Å². The van der Waals surface area contributed by atoms with E-state index in [-0.39, 0.29) is 0 Å². The van der Waals surface area contributed by atoms with Crippen LogP contribution in [0.3, 0.4) is 0 Å². The maximum absolute atomic E-state index is 6.06. The third kappa shape index (κ3) is 3.04. The highest BCUT2D eigenvalue weighted by Crippen LogP contribution is 2.29. The third-order valence-corrected chi connectivity index (χ3v) is 4.21. The Labute approximate surface area is 150 Å². The zero-order valence-corrected chi connectivity index (χ0v) is 14.4. The minimum atomic E-state index is 0.694. The molecule has 0 aliphatic carbocycles. The SMILES string of the molecule is Cc1cccc(-c2nnc(-c3ccncc3)n2-c2ccc(Cl)cc2)c1. The summed E-state index contributed by atoms with van der Waals surface area (Å²) in [7, 11) is 0. The first-order chi connectivity index (χ1) is 12.2. The summed E-state index contributed by atoms with van der Waals surface area (Å²) in [5.41, 5.74) is 4.10. The molecule has 0 saturated heterocycles. The highest BCUT2D eigenvalue weighted by atomic mass is 35.5. The van der Waals surface area contributed by atoms with E-state index < -0.39 is 0 Å². The molecule has 2 heterocycles. The van der Waals surface area contributed by atoms with Crippen LogP contribution in [-0.2, 0) is 0 Å². The zero-order chi connectivity index (χ0) is 17.2. The van der Waals surface area contributed by atoms with Gasteiger partial charge in [0.1, 0.15) is 0 Å². The number of aromatic nitrogens is 4. The lowest BCUT2D eigenvalue weighted by molar-refractivity contribution is 1.07. The fourth-order valence-electron chi connectivity index (χ4n) is 2.78. The molecule has 4 aromatic rings. The largest absolute Gasteiger partial charge is 0.275 e. The van der Waals surface area contributed by atoms with E-state index in [1.807, 2.05) is 53.1 Å². The summed E-state index contributed by atoms with van der Waals surface area (Å²) >= 11 is 6.06. The first kappa shape index (κ1) is 15.5. The Balaban J connectivity index is 1.96. The lowest BCUT2D eigenvalue weighted by atomic mass is 10.1. The van der Waals surface area contributed by atoms with Crippen molar-refractivity contribution in [1.82, 2.24) is 19.7 Å². The highest BCUT2D eigenvalue weighted by Gasteiger charge is 2.17. The number of pyridine rings is 1. The van der Waals surface area contributed by atoms with Crippen LogP contribution in [0.15, 0.2) is 73.1 Å². The van der Waals surface area contributed by atoms with Crippen molar-refractivity contribution in [2.45, 2.75) is 6.92 Å². The minimum Gasteiger partial charge on any atom is -0.275 e. The monoisotopic (exact) mass is 346 g/mol. The maximum atomic E-state index is 6.06. The van der Waals surface area contributed by atoms with Crippen molar-refractivity contribution >= 4 is 11.6 Å². The minimum absolute atomic E-state index is 0.694. The lowest BCUT2D eigenvalue weighted by Crippen LogP contribution is -2.00. The molecule has 4 rings (SSSR count). The summed E-state index contributed by atoms with van der Waals surface area (Å²) in [5, 5.41) is 9.60. The maximum Gasteiger partial charge on any atom is 0.168 e. The Bertz CT molecular complexity index is 1010. The molecule has 122 valence electrons. The van der Waals surface area contributed by atoms with Crippen molar-refractivity contribution in [3.05, 3.63) is 83.6 Å². The van der Waals surface area contributed by atoms with Gasteiger partial charge in [-0.25, -0.2) is 0 Å². The van der Waals surface area contributed by atoms with Gasteiger partial charge < -0.3 is 0 Å². The van der Waals surface area contributed by atoms with Gasteiger partial charge in [0.25, 0.3) is 0 Å². The van der Waals surface area contributed by atoms with Gasteiger partial charge >= 0.3 is 0 Å². The Kier molecular flexibility index (Phi) is 4.04. The van der Waals surface area contributed by atoms with Crippen molar-refractivity contribution in [1.29, 1.82) is 0 Å². The number of aryl methyl sites for hydroxylation is 1. The van der Waals surface area contributed by atoms with Crippen molar-refractivity contribution in [2.75, 3.05) is 0 Å². The fourth-order valence-corrected chi connectivity index (χ4v) is 2.90. The van der Waals surface area contributed by atoms with Crippen LogP contribution in [0.1, 0.15) is 5.56 Å². The van der Waals surface area contributed by atoms with Gasteiger partial charge in [0.05, 0.1) is 0 Å². The van der Waals surface area contributed by atoms with Crippen LogP contribution in [0.25, 0.3) is 28.5 Å². The Hall–Kier alpha value is -2.98. The van der Waals surface area contributed by atoms with Gasteiger partial charge in [-0.1, -0.05) is 35.4 Å². The quantitative estimate of drug-likeness (QED) is 0.526. The fraction of sp³-hybridized carbons (Fsp3) is 0.0500. The molecule has 0 spiro atoms. The molecule has 0 radical (unpaired) electrons. The zero-order valence-electron chi connectivity index (χ0n) is 13.6. The van der Waals surface area contributed by atoms with Crippen molar-refractivity contribution in [3.8, 4) is 28.5 Å². The van der Waals surface area contributed by atoms with E-state index in [0.717, 1.165) is 28.5 Å². The molecule has 0 saturated carbocycles. The second-order valence-corrected chi connectivity index (χ2v) is 6.20. The molecular weight excluding hydrogens is 332 g/mol. The molecule has 0 aliphatic rings. The van der Waals surface area contributed by atoms with E-state index in [4.69, 9.17) is 11.6 Å². The number of benzene rings is 2. The first-order valence-electron chi connectivity index (χ1n) is 7.91. The Morgan fingerprint density at radius 2 is 1.48 bits per heavy atom. The average Bonchev–Trinajstić information content (AvgIpc) is 3.08. The number of hydrogen-bond acceptors (Lipinski definition) is 3. The summed E-state index contributed by atoms with van der Waals surface area (Å²) in [6, 6.07) is 19.8. The molecule has 25 heavy (non-hydrogen) atoms. The van der Waals surface area contributed by atoms with Crippen molar-refractivity contribution < 1.29 is 0 Å². The summed E-state index contributed by atoms with van der Waals surface area (Å²) in [6.45, 7) is 2.07. The molecule has 0 aliphatic heterocycles. The van der Waals surface area contributed by atoms with Crippen LogP contribution in [-0.4, -0.2) is 19.7 Å². The molecule has 0 amide bonds. The van der Waals surface area contributed by atoms with E-state index in [2.05, 4.69) is 34.2 Å². The molecule has 2 aromatic heterocycles. The van der Waals surface area contributed by atoms with Gasteiger partial charge in [0, 0.05) is 34.2 Å². The Morgan fingerprint density at radius 3 is 2.16 bits per heavy atom. The summed E-state index contributed by atoms with van der Waals surface area (Å²) in [5.74, 6) is 1.55. The van der Waals surface area contributed by atoms with Crippen LogP contribution in [0.4, 0.5) is 0 Å². The van der Waals surface area contributed by atoms with Crippen LogP contribution in [0.2, 0.25) is 5.02 Å². The van der Waals surface area contributed by atoms with Gasteiger partial charge in [-0.15, -0.1) is 10.2 Å². The third-order valence-electron chi connectivity index (χ3n) is 3.96. The van der Waals surface area contributed by atoms with E-state index in [0.29, 0.717) is 5.02 Å². The molecular formula is C20H15ClN4. The molecule has 0 unspecified atom stereocenters. The number of rotatable bonds is 3. The summed E-state index contributed by atoms with van der Waals surface area (Å²) in [4.78, 5) is 4.09. The average molecular weight is 347 g/mol. The molecule has 5 heteroatoms. The molecule has 2 aromatic carbocycles. The van der Waals surface area contributed by atoms with E-state index in [9.17, 15) is 0 Å². The normalized spacial score (nSPS) is 10.8. The van der Waals surface area contributed by atoms with Crippen LogP contribution >= 0.6 is 11.6 Å². The predicted molar refractivity (Wildman–Crippen MR) is 99.8 cm³/mol. The summed E-state index contributed by atoms with van der Waals surface area (Å²) < 4.78 is 2.04. The van der Waals surface area contributed by atoms with E-state index >= 15 is 0 Å². The van der Waals surface area contributed by atoms with Crippen LogP contribution < -0.4 is 0 Å². The van der Waals surface area contributed by atoms with Crippen molar-refractivity contribution in [3.63, 3.8) is 0 Å². The number of halogens is 1. The summed E-state index contributed by atoms with van der Waals surface area (Å²) in [6.07, 6.45) is 3.51. The van der Waals surface area contributed by atoms with Gasteiger partial charge in [-0.2, -0.15) is 0 Å². The molecule has 0 N–H and O–H groups in total. The van der Waals surface area contributed by atoms with Crippen LogP contribution in [0, 0.1) is 6.92 Å². The smallest absolute Gasteiger partial charge is 0.168 e. The lowest BCUT2D eigenvalue weighted by Gasteiger charge is -2.11. The molecule has 0 atom stereocenters. The highest BCUT2D eigenvalue weighted by molar-refractivity contribution is 6.30. The van der Waals surface area contributed by atoms with Crippen molar-refractivity contribution in [2.24, 2.45) is 0 Å². The van der Waals surface area contributed by atoms with E-state index in [1.54, 1.807) is 12.4 Å². The Morgan fingerprint density at radius 1 is 0.800 bits per heavy atom. The molecule has 0 fully saturated rings. The first-order valence-corrected chi connectivity index (χ1v) is 8.29. The second kappa shape index (κ2) is 6.49. The number of nitrogens with zero attached hydrogens (tertiary/aromatic N) is 4.